The van der Waals surface area contributed by atoms with E-state index in [-0.39, 0.29) is 0 Å². The van der Waals surface area contributed by atoms with Crippen LogP contribution in [0.5, 0.6) is 5.75 Å². The van der Waals surface area contributed by atoms with Gasteiger partial charge in [0.1, 0.15) is 5.75 Å². The molecule has 1 atom stereocenters. The van der Waals surface area contributed by atoms with Crippen molar-refractivity contribution in [2.24, 2.45) is 5.92 Å². The van der Waals surface area contributed by atoms with Crippen LogP contribution in [0.1, 0.15) is 45.6 Å². The lowest BCUT2D eigenvalue weighted by Crippen LogP contribution is -2.38. The van der Waals surface area contributed by atoms with Crippen LogP contribution in [-0.2, 0) is 6.42 Å². The van der Waals surface area contributed by atoms with Crippen molar-refractivity contribution in [3.8, 4) is 5.75 Å². The number of para-hydroxylation sites is 1. The molecular weight excluding hydrogens is 234 g/mol. The summed E-state index contributed by atoms with van der Waals surface area (Å²) in [4.78, 5) is 0. The van der Waals surface area contributed by atoms with E-state index >= 15 is 0 Å². The SMILES string of the molecule is CCCNC(Cc1ccccc1OC)C(CC)CC. The third-order valence-electron chi connectivity index (χ3n) is 3.91. The Hall–Kier alpha value is -1.02. The molecular formula is C17H29NO. The maximum absolute atomic E-state index is 5.47. The second kappa shape index (κ2) is 8.98. The van der Waals surface area contributed by atoms with Gasteiger partial charge in [-0.05, 0) is 36.9 Å². The maximum atomic E-state index is 5.47. The molecule has 0 saturated carbocycles. The monoisotopic (exact) mass is 263 g/mol. The van der Waals surface area contributed by atoms with E-state index in [9.17, 15) is 0 Å². The van der Waals surface area contributed by atoms with Gasteiger partial charge >= 0.3 is 0 Å². The zero-order valence-corrected chi connectivity index (χ0v) is 12.9. The van der Waals surface area contributed by atoms with E-state index < -0.39 is 0 Å². The maximum Gasteiger partial charge on any atom is 0.122 e. The van der Waals surface area contributed by atoms with Crippen molar-refractivity contribution in [1.29, 1.82) is 0 Å². The Bertz CT molecular complexity index is 347. The fraction of sp³-hybridized carbons (Fsp3) is 0.647. The van der Waals surface area contributed by atoms with Crippen molar-refractivity contribution in [2.45, 2.75) is 52.5 Å². The Labute approximate surface area is 118 Å². The number of hydrogen-bond acceptors (Lipinski definition) is 2. The van der Waals surface area contributed by atoms with Crippen LogP contribution in [0.4, 0.5) is 0 Å². The van der Waals surface area contributed by atoms with E-state index in [0.717, 1.165) is 24.6 Å². The molecule has 0 fully saturated rings. The molecule has 0 saturated heterocycles. The summed E-state index contributed by atoms with van der Waals surface area (Å²) in [5.74, 6) is 1.74. The van der Waals surface area contributed by atoms with E-state index in [1.54, 1.807) is 7.11 Å². The minimum Gasteiger partial charge on any atom is -0.496 e. The Morgan fingerprint density at radius 3 is 2.37 bits per heavy atom. The Balaban J connectivity index is 2.80. The Kier molecular flexibility index (Phi) is 7.57. The predicted octanol–water partition coefficient (Wildman–Crippen LogP) is 4.04. The van der Waals surface area contributed by atoms with Gasteiger partial charge in [0.05, 0.1) is 7.11 Å². The summed E-state index contributed by atoms with van der Waals surface area (Å²) >= 11 is 0. The van der Waals surface area contributed by atoms with Crippen LogP contribution in [0.2, 0.25) is 0 Å². The topological polar surface area (TPSA) is 21.3 Å². The molecule has 0 spiro atoms. The first-order valence-corrected chi connectivity index (χ1v) is 7.61. The van der Waals surface area contributed by atoms with Gasteiger partial charge in [0, 0.05) is 6.04 Å². The van der Waals surface area contributed by atoms with Gasteiger partial charge in [-0.1, -0.05) is 51.8 Å². The van der Waals surface area contributed by atoms with Crippen LogP contribution in [0.15, 0.2) is 24.3 Å². The number of hydrogen-bond donors (Lipinski definition) is 1. The van der Waals surface area contributed by atoms with E-state index in [1.807, 2.05) is 6.07 Å². The number of nitrogens with one attached hydrogen (secondary N) is 1. The van der Waals surface area contributed by atoms with Crippen LogP contribution in [0.3, 0.4) is 0 Å². The van der Waals surface area contributed by atoms with Crippen molar-refractivity contribution >= 4 is 0 Å². The molecule has 0 aliphatic rings. The van der Waals surface area contributed by atoms with Crippen molar-refractivity contribution in [2.75, 3.05) is 13.7 Å². The fourth-order valence-electron chi connectivity index (χ4n) is 2.70. The minimum atomic E-state index is 0.547. The zero-order chi connectivity index (χ0) is 14.1. The normalized spacial score (nSPS) is 12.7. The third-order valence-corrected chi connectivity index (χ3v) is 3.91. The number of benzene rings is 1. The average molecular weight is 263 g/mol. The number of ether oxygens (including phenoxy) is 1. The van der Waals surface area contributed by atoms with Gasteiger partial charge in [-0.15, -0.1) is 0 Å². The van der Waals surface area contributed by atoms with Gasteiger partial charge < -0.3 is 10.1 Å². The number of rotatable bonds is 9. The molecule has 0 bridgehead atoms. The molecule has 19 heavy (non-hydrogen) atoms. The molecule has 1 unspecified atom stereocenters. The largest absolute Gasteiger partial charge is 0.496 e. The summed E-state index contributed by atoms with van der Waals surface area (Å²) in [5.41, 5.74) is 1.31. The summed E-state index contributed by atoms with van der Waals surface area (Å²) in [6.45, 7) is 7.89. The van der Waals surface area contributed by atoms with E-state index in [1.165, 1.54) is 24.8 Å². The van der Waals surface area contributed by atoms with Crippen LogP contribution in [0, 0.1) is 5.92 Å². The second-order valence-corrected chi connectivity index (χ2v) is 5.15. The highest BCUT2D eigenvalue weighted by molar-refractivity contribution is 5.33. The van der Waals surface area contributed by atoms with Crippen LogP contribution >= 0.6 is 0 Å². The molecule has 1 aromatic rings. The molecule has 1 aromatic carbocycles. The molecule has 2 nitrogen and oxygen atoms in total. The molecule has 0 aliphatic carbocycles. The van der Waals surface area contributed by atoms with Gasteiger partial charge in [-0.3, -0.25) is 0 Å². The van der Waals surface area contributed by atoms with Gasteiger partial charge in [-0.25, -0.2) is 0 Å². The lowest BCUT2D eigenvalue weighted by Gasteiger charge is -2.27. The lowest BCUT2D eigenvalue weighted by atomic mass is 9.89. The second-order valence-electron chi connectivity index (χ2n) is 5.15. The van der Waals surface area contributed by atoms with Gasteiger partial charge in [0.25, 0.3) is 0 Å². The lowest BCUT2D eigenvalue weighted by molar-refractivity contribution is 0.327. The first-order valence-electron chi connectivity index (χ1n) is 7.61. The molecule has 1 rings (SSSR count). The molecule has 0 amide bonds. The summed E-state index contributed by atoms with van der Waals surface area (Å²) in [6, 6.07) is 8.92. The Morgan fingerprint density at radius 1 is 1.11 bits per heavy atom. The predicted molar refractivity (Wildman–Crippen MR) is 82.9 cm³/mol. The van der Waals surface area contributed by atoms with Crippen LogP contribution in [0.25, 0.3) is 0 Å². The first-order chi connectivity index (χ1) is 9.26. The van der Waals surface area contributed by atoms with Crippen molar-refractivity contribution in [3.63, 3.8) is 0 Å². The van der Waals surface area contributed by atoms with Crippen molar-refractivity contribution < 1.29 is 4.74 Å². The van der Waals surface area contributed by atoms with Crippen molar-refractivity contribution in [3.05, 3.63) is 29.8 Å². The molecule has 0 radical (unpaired) electrons. The quantitative estimate of drug-likeness (QED) is 0.726. The number of methoxy groups -OCH3 is 1. The molecule has 0 aromatic heterocycles. The summed E-state index contributed by atoms with van der Waals surface area (Å²) < 4.78 is 5.47. The highest BCUT2D eigenvalue weighted by Crippen LogP contribution is 2.23. The molecule has 1 N–H and O–H groups in total. The molecule has 108 valence electrons. The summed E-state index contributed by atoms with van der Waals surface area (Å²) in [5, 5.41) is 3.72. The first kappa shape index (κ1) is 16.0. The van der Waals surface area contributed by atoms with Gasteiger partial charge in [0.15, 0.2) is 0 Å². The molecule has 0 aliphatic heterocycles. The standard InChI is InChI=1S/C17H29NO/c1-5-12-18-16(14(6-2)7-3)13-15-10-8-9-11-17(15)19-4/h8-11,14,16,18H,5-7,12-13H2,1-4H3. The summed E-state index contributed by atoms with van der Waals surface area (Å²) in [6.07, 6.45) is 4.69. The van der Waals surface area contributed by atoms with E-state index in [4.69, 9.17) is 4.74 Å². The van der Waals surface area contributed by atoms with E-state index in [2.05, 4.69) is 44.3 Å². The van der Waals surface area contributed by atoms with Crippen LogP contribution < -0.4 is 10.1 Å². The third kappa shape index (κ3) is 4.87. The highest BCUT2D eigenvalue weighted by Gasteiger charge is 2.19. The van der Waals surface area contributed by atoms with E-state index in [0.29, 0.717) is 6.04 Å². The highest BCUT2D eigenvalue weighted by atomic mass is 16.5. The smallest absolute Gasteiger partial charge is 0.122 e. The Morgan fingerprint density at radius 2 is 1.79 bits per heavy atom. The fourth-order valence-corrected chi connectivity index (χ4v) is 2.70. The minimum absolute atomic E-state index is 0.547. The zero-order valence-electron chi connectivity index (χ0n) is 12.9. The molecule has 0 heterocycles. The van der Waals surface area contributed by atoms with Crippen LogP contribution in [-0.4, -0.2) is 19.7 Å². The average Bonchev–Trinajstić information content (AvgIpc) is 2.46. The molecule has 2 heteroatoms. The summed E-state index contributed by atoms with van der Waals surface area (Å²) in [7, 11) is 1.75. The van der Waals surface area contributed by atoms with Gasteiger partial charge in [0.2, 0.25) is 0 Å². The van der Waals surface area contributed by atoms with Gasteiger partial charge in [-0.2, -0.15) is 0 Å². The van der Waals surface area contributed by atoms with Crippen molar-refractivity contribution in [1.82, 2.24) is 5.32 Å².